The summed E-state index contributed by atoms with van der Waals surface area (Å²) in [4.78, 5) is 26.1. The molecule has 1 amide bonds. The van der Waals surface area contributed by atoms with E-state index in [0.717, 1.165) is 42.7 Å². The van der Waals surface area contributed by atoms with Crippen LogP contribution in [0.1, 0.15) is 105 Å². The number of benzene rings is 2. The number of hydrogen-bond acceptors (Lipinski definition) is 6. The minimum atomic E-state index is -2.13. The van der Waals surface area contributed by atoms with E-state index in [4.69, 9.17) is 18.3 Å². The molecular formula is C38H61NO6Si2. The Morgan fingerprint density at radius 3 is 1.87 bits per heavy atom. The maximum absolute atomic E-state index is 13.5. The summed E-state index contributed by atoms with van der Waals surface area (Å²) in [5, 5.41) is 2.90. The van der Waals surface area contributed by atoms with Gasteiger partial charge < -0.3 is 23.6 Å². The van der Waals surface area contributed by atoms with Crippen LogP contribution in [0.2, 0.25) is 36.3 Å². The van der Waals surface area contributed by atoms with Crippen molar-refractivity contribution in [3.8, 4) is 11.5 Å². The molecule has 47 heavy (non-hydrogen) atoms. The van der Waals surface area contributed by atoms with E-state index >= 15 is 0 Å². The Kier molecular flexibility index (Phi) is 12.1. The smallest absolute Gasteiger partial charge is 0.408 e. The quantitative estimate of drug-likeness (QED) is 0.198. The van der Waals surface area contributed by atoms with Gasteiger partial charge in [-0.2, -0.15) is 0 Å². The predicted octanol–water partition coefficient (Wildman–Crippen LogP) is 10.2. The topological polar surface area (TPSA) is 83.1 Å². The molecule has 7 nitrogen and oxygen atoms in total. The van der Waals surface area contributed by atoms with E-state index in [9.17, 15) is 9.59 Å². The Morgan fingerprint density at radius 2 is 1.34 bits per heavy atom. The summed E-state index contributed by atoms with van der Waals surface area (Å²) in [6.07, 6.45) is 2.70. The normalized spacial score (nSPS) is 18.6. The van der Waals surface area contributed by atoms with E-state index in [-0.39, 0.29) is 22.1 Å². The fourth-order valence-electron chi connectivity index (χ4n) is 5.11. The first kappa shape index (κ1) is 38.7. The summed E-state index contributed by atoms with van der Waals surface area (Å²) in [7, 11) is -4.16. The van der Waals surface area contributed by atoms with Crippen LogP contribution in [0.5, 0.6) is 11.5 Å². The summed E-state index contributed by atoms with van der Waals surface area (Å²) in [5.74, 6) is 1.65. The number of hydrogen-bond donors (Lipinski definition) is 1. The first-order valence-electron chi connectivity index (χ1n) is 17.2. The van der Waals surface area contributed by atoms with Crippen molar-refractivity contribution in [1.82, 2.24) is 5.32 Å². The van der Waals surface area contributed by atoms with Crippen molar-refractivity contribution >= 4 is 28.7 Å². The summed E-state index contributed by atoms with van der Waals surface area (Å²) >= 11 is 0. The molecule has 0 heterocycles. The van der Waals surface area contributed by atoms with Crippen LogP contribution in [0.25, 0.3) is 0 Å². The van der Waals surface area contributed by atoms with E-state index in [0.29, 0.717) is 6.42 Å². The highest BCUT2D eigenvalue weighted by atomic mass is 28.4. The van der Waals surface area contributed by atoms with Crippen LogP contribution in [0.4, 0.5) is 4.79 Å². The van der Waals surface area contributed by atoms with E-state index in [1.807, 2.05) is 30.3 Å². The number of rotatable bonds is 10. The van der Waals surface area contributed by atoms with E-state index in [1.165, 1.54) is 5.56 Å². The molecule has 0 unspecified atom stereocenters. The third kappa shape index (κ3) is 11.1. The zero-order chi connectivity index (χ0) is 35.4. The fraction of sp³-hybridized carbons (Fsp3) is 0.632. The maximum Gasteiger partial charge on any atom is 0.408 e. The van der Waals surface area contributed by atoms with Gasteiger partial charge in [-0.15, -0.1) is 0 Å². The Balaban J connectivity index is 1.77. The SMILES string of the molecule is CC(C)(C)OC(=O)N[C@H](Cc1ccccc1)C(=O)OC1CCC(c2ccc(O[Si](C)(C)C(C)(C)C)cc2O[Si](C)(C)C(C)(C)C)CC1. The lowest BCUT2D eigenvalue weighted by Gasteiger charge is -2.39. The average Bonchev–Trinajstić information content (AvgIpc) is 2.91. The monoisotopic (exact) mass is 683 g/mol. The Hall–Kier alpha value is -2.79. The van der Waals surface area contributed by atoms with Gasteiger partial charge in [-0.3, -0.25) is 0 Å². The van der Waals surface area contributed by atoms with E-state index in [2.05, 4.69) is 91.2 Å². The zero-order valence-electron chi connectivity index (χ0n) is 31.3. The molecule has 262 valence electrons. The van der Waals surface area contributed by atoms with Gasteiger partial charge >= 0.3 is 12.1 Å². The third-order valence-corrected chi connectivity index (χ3v) is 18.7. The van der Waals surface area contributed by atoms with Gasteiger partial charge in [-0.1, -0.05) is 77.9 Å². The first-order chi connectivity index (χ1) is 21.5. The van der Waals surface area contributed by atoms with Crippen molar-refractivity contribution in [3.63, 3.8) is 0 Å². The number of carbonyl (C=O) groups excluding carboxylic acids is 2. The summed E-state index contributed by atoms with van der Waals surface area (Å²) in [5.41, 5.74) is 1.46. The molecule has 1 aliphatic carbocycles. The van der Waals surface area contributed by atoms with Crippen LogP contribution in [0.15, 0.2) is 48.5 Å². The number of ether oxygens (including phenoxy) is 2. The molecule has 0 aromatic heterocycles. The van der Waals surface area contributed by atoms with Crippen molar-refractivity contribution < 1.29 is 27.9 Å². The molecule has 0 saturated heterocycles. The van der Waals surface area contributed by atoms with E-state index < -0.39 is 40.3 Å². The minimum Gasteiger partial charge on any atom is -0.543 e. The molecule has 3 rings (SSSR count). The number of esters is 1. The predicted molar refractivity (Wildman–Crippen MR) is 196 cm³/mol. The van der Waals surface area contributed by atoms with Gasteiger partial charge in [0.25, 0.3) is 0 Å². The molecule has 1 fully saturated rings. The van der Waals surface area contributed by atoms with Crippen molar-refractivity contribution in [2.24, 2.45) is 0 Å². The largest absolute Gasteiger partial charge is 0.543 e. The van der Waals surface area contributed by atoms with Gasteiger partial charge in [-0.25, -0.2) is 9.59 Å². The highest BCUT2D eigenvalue weighted by Gasteiger charge is 2.41. The molecule has 1 atom stereocenters. The van der Waals surface area contributed by atoms with Crippen molar-refractivity contribution in [2.75, 3.05) is 0 Å². The molecule has 0 radical (unpaired) electrons. The Bertz CT molecular complexity index is 1350. The van der Waals surface area contributed by atoms with Gasteiger partial charge in [0, 0.05) is 12.5 Å². The van der Waals surface area contributed by atoms with Crippen LogP contribution < -0.4 is 14.2 Å². The second-order valence-corrected chi connectivity index (χ2v) is 26.7. The van der Waals surface area contributed by atoms with Crippen LogP contribution in [0, 0.1) is 0 Å². The highest BCUT2D eigenvalue weighted by Crippen LogP contribution is 2.45. The number of carbonyl (C=O) groups is 2. The van der Waals surface area contributed by atoms with Crippen molar-refractivity contribution in [1.29, 1.82) is 0 Å². The molecular weight excluding hydrogens is 623 g/mol. The molecule has 0 aliphatic heterocycles. The average molecular weight is 684 g/mol. The lowest BCUT2D eigenvalue weighted by molar-refractivity contribution is -0.153. The Morgan fingerprint density at radius 1 is 0.787 bits per heavy atom. The molecule has 2 aromatic rings. The summed E-state index contributed by atoms with van der Waals surface area (Å²) in [6, 6.07) is 15.2. The molecule has 0 spiro atoms. The molecule has 9 heteroatoms. The maximum atomic E-state index is 13.5. The molecule has 0 bridgehead atoms. The van der Waals surface area contributed by atoms with Crippen LogP contribution in [-0.2, 0) is 20.7 Å². The van der Waals surface area contributed by atoms with Crippen LogP contribution >= 0.6 is 0 Å². The lowest BCUT2D eigenvalue weighted by Crippen LogP contribution is -2.46. The number of nitrogens with one attached hydrogen (secondary N) is 1. The van der Waals surface area contributed by atoms with E-state index in [1.54, 1.807) is 20.8 Å². The van der Waals surface area contributed by atoms with Gasteiger partial charge in [-0.05, 0) is 106 Å². The van der Waals surface area contributed by atoms with Crippen molar-refractivity contribution in [3.05, 3.63) is 59.7 Å². The molecule has 1 aliphatic rings. The zero-order valence-corrected chi connectivity index (χ0v) is 33.3. The Labute approximate surface area is 286 Å². The lowest BCUT2D eigenvalue weighted by atomic mass is 9.82. The van der Waals surface area contributed by atoms with Crippen molar-refractivity contribution in [2.45, 2.75) is 154 Å². The van der Waals surface area contributed by atoms with Crippen LogP contribution in [-0.4, -0.2) is 46.4 Å². The standard InChI is InChI=1S/C38H61NO6Si2/c1-36(2,3)43-35(41)39-32(25-27-17-15-14-16-18-27)34(40)42-29-21-19-28(20-22-29)31-24-23-30(44-46(10,11)37(4,5)6)26-33(31)45-47(12,13)38(7,8)9/h14-18,23-24,26,28-29,32H,19-22,25H2,1-13H3,(H,39,41)/t28?,29?,32-/m1/s1. The molecule has 2 aromatic carbocycles. The molecule has 1 N–H and O–H groups in total. The van der Waals surface area contributed by atoms with Gasteiger partial charge in [0.05, 0.1) is 0 Å². The number of alkyl carbamates (subject to hydrolysis) is 1. The minimum absolute atomic E-state index is 0.0516. The highest BCUT2D eigenvalue weighted by molar-refractivity contribution is 6.75. The second-order valence-electron chi connectivity index (χ2n) is 17.2. The molecule has 1 saturated carbocycles. The summed E-state index contributed by atoms with van der Waals surface area (Å²) < 4.78 is 25.2. The fourth-order valence-corrected chi connectivity index (χ4v) is 7.17. The first-order valence-corrected chi connectivity index (χ1v) is 23.0. The second kappa shape index (κ2) is 14.8. The third-order valence-electron chi connectivity index (χ3n) is 9.99. The summed E-state index contributed by atoms with van der Waals surface area (Å²) in [6.45, 7) is 28.0. The van der Waals surface area contributed by atoms with Gasteiger partial charge in [0.1, 0.15) is 29.2 Å². The van der Waals surface area contributed by atoms with Gasteiger partial charge in [0.2, 0.25) is 16.6 Å². The number of amides is 1. The van der Waals surface area contributed by atoms with Crippen LogP contribution in [0.3, 0.4) is 0 Å². The van der Waals surface area contributed by atoms with Gasteiger partial charge in [0.15, 0.2) is 0 Å².